The number of hydrogen-bond acceptors (Lipinski definition) is 6. The van der Waals surface area contributed by atoms with Crippen LogP contribution in [0.5, 0.6) is 0 Å². The van der Waals surface area contributed by atoms with Gasteiger partial charge in [0.05, 0.1) is 4.92 Å². The fourth-order valence-electron chi connectivity index (χ4n) is 1.66. The van der Waals surface area contributed by atoms with Crippen LogP contribution in [0, 0.1) is 15.9 Å². The largest absolute Gasteiger partial charge is 0.378 e. The van der Waals surface area contributed by atoms with E-state index in [0.717, 1.165) is 6.20 Å². The molecule has 0 radical (unpaired) electrons. The smallest absolute Gasteiger partial charge is 0.329 e. The predicted molar refractivity (Wildman–Crippen MR) is 71.6 cm³/mol. The molecule has 7 nitrogen and oxygen atoms in total. The number of halogens is 1. The molecule has 2 aromatic rings. The first-order chi connectivity index (χ1) is 9.49. The number of nitrogens with zero attached hydrogens (tertiary/aromatic N) is 4. The van der Waals surface area contributed by atoms with Gasteiger partial charge in [-0.3, -0.25) is 10.1 Å². The first kappa shape index (κ1) is 13.7. The first-order valence-electron chi connectivity index (χ1n) is 5.70. The van der Waals surface area contributed by atoms with E-state index < -0.39 is 4.92 Å². The molecule has 0 aliphatic carbocycles. The van der Waals surface area contributed by atoms with Gasteiger partial charge in [-0.2, -0.15) is 4.98 Å². The molecule has 1 aromatic carbocycles. The van der Waals surface area contributed by atoms with Crippen molar-refractivity contribution in [3.05, 3.63) is 52.0 Å². The van der Waals surface area contributed by atoms with Gasteiger partial charge in [-0.25, -0.2) is 9.37 Å². The Morgan fingerprint density at radius 3 is 2.75 bits per heavy atom. The van der Waals surface area contributed by atoms with Crippen molar-refractivity contribution in [1.29, 1.82) is 0 Å². The fourth-order valence-corrected chi connectivity index (χ4v) is 1.66. The van der Waals surface area contributed by atoms with Crippen LogP contribution in [0.3, 0.4) is 0 Å². The second-order valence-corrected chi connectivity index (χ2v) is 4.15. The lowest BCUT2D eigenvalue weighted by Crippen LogP contribution is -2.20. The van der Waals surface area contributed by atoms with Gasteiger partial charge in [0.25, 0.3) is 0 Å². The summed E-state index contributed by atoms with van der Waals surface area (Å²) in [5.41, 5.74) is 5.60. The van der Waals surface area contributed by atoms with Crippen LogP contribution >= 0.6 is 0 Å². The zero-order valence-electron chi connectivity index (χ0n) is 10.7. The number of benzene rings is 1. The van der Waals surface area contributed by atoms with Crippen LogP contribution in [0.4, 0.5) is 21.8 Å². The van der Waals surface area contributed by atoms with Crippen molar-refractivity contribution in [2.24, 2.45) is 0 Å². The Balaban J connectivity index is 2.22. The monoisotopic (exact) mass is 277 g/mol. The number of nitro groups is 1. The zero-order chi connectivity index (χ0) is 14.7. The lowest BCUT2D eigenvalue weighted by molar-refractivity contribution is -0.384. The highest BCUT2D eigenvalue weighted by atomic mass is 19.1. The Kier molecular flexibility index (Phi) is 3.74. The molecular formula is C12H12FN5O2. The first-order valence-corrected chi connectivity index (χ1v) is 5.70. The molecule has 0 saturated heterocycles. The summed E-state index contributed by atoms with van der Waals surface area (Å²) in [4.78, 5) is 19.2. The highest BCUT2D eigenvalue weighted by molar-refractivity contribution is 5.53. The van der Waals surface area contributed by atoms with E-state index in [1.54, 1.807) is 30.1 Å². The van der Waals surface area contributed by atoms with Crippen molar-refractivity contribution in [3.63, 3.8) is 0 Å². The molecule has 2 rings (SSSR count). The maximum Gasteiger partial charge on any atom is 0.329 e. The quantitative estimate of drug-likeness (QED) is 0.675. The number of aromatic nitrogens is 2. The molecule has 104 valence electrons. The van der Waals surface area contributed by atoms with Gasteiger partial charge >= 0.3 is 5.69 Å². The molecule has 0 bridgehead atoms. The van der Waals surface area contributed by atoms with E-state index in [1.165, 1.54) is 6.07 Å². The standard InChI is InChI=1S/C12H12FN5O2/c1-17(7-8-4-2-3-5-9(8)13)12-15-6-10(18(19)20)11(14)16-12/h2-6H,7H2,1H3,(H2,14,15,16). The Morgan fingerprint density at radius 1 is 1.45 bits per heavy atom. The third-order valence-electron chi connectivity index (χ3n) is 2.69. The van der Waals surface area contributed by atoms with Gasteiger partial charge in [-0.1, -0.05) is 18.2 Å². The van der Waals surface area contributed by atoms with Crippen LogP contribution < -0.4 is 10.6 Å². The molecule has 0 amide bonds. The summed E-state index contributed by atoms with van der Waals surface area (Å²) >= 11 is 0. The highest BCUT2D eigenvalue weighted by Gasteiger charge is 2.16. The molecule has 0 saturated carbocycles. The highest BCUT2D eigenvalue weighted by Crippen LogP contribution is 2.20. The van der Waals surface area contributed by atoms with Crippen LogP contribution in [0.15, 0.2) is 30.5 Å². The van der Waals surface area contributed by atoms with Crippen molar-refractivity contribution in [2.45, 2.75) is 6.54 Å². The Hall–Kier alpha value is -2.77. The average Bonchev–Trinajstić information content (AvgIpc) is 2.40. The van der Waals surface area contributed by atoms with Gasteiger partial charge in [0.1, 0.15) is 12.0 Å². The average molecular weight is 277 g/mol. The molecule has 8 heteroatoms. The van der Waals surface area contributed by atoms with Gasteiger partial charge in [-0.15, -0.1) is 0 Å². The molecule has 1 heterocycles. The summed E-state index contributed by atoms with van der Waals surface area (Å²) in [6.07, 6.45) is 1.04. The van der Waals surface area contributed by atoms with Crippen LogP contribution in [0.2, 0.25) is 0 Å². The molecule has 0 atom stereocenters. The normalized spacial score (nSPS) is 10.3. The third kappa shape index (κ3) is 2.79. The second-order valence-electron chi connectivity index (χ2n) is 4.15. The fraction of sp³-hybridized carbons (Fsp3) is 0.167. The number of nitrogens with two attached hydrogens (primary N) is 1. The van der Waals surface area contributed by atoms with Crippen molar-refractivity contribution in [1.82, 2.24) is 9.97 Å². The van der Waals surface area contributed by atoms with Gasteiger partial charge in [-0.05, 0) is 6.07 Å². The van der Waals surface area contributed by atoms with Crippen molar-refractivity contribution in [3.8, 4) is 0 Å². The molecule has 1 aromatic heterocycles. The van der Waals surface area contributed by atoms with E-state index in [4.69, 9.17) is 5.73 Å². The molecule has 2 N–H and O–H groups in total. The van der Waals surface area contributed by atoms with E-state index in [2.05, 4.69) is 9.97 Å². The maximum absolute atomic E-state index is 13.5. The Bertz CT molecular complexity index is 649. The number of hydrogen-bond donors (Lipinski definition) is 1. The predicted octanol–water partition coefficient (Wildman–Crippen LogP) is 1.74. The molecular weight excluding hydrogens is 265 g/mol. The minimum atomic E-state index is -0.657. The summed E-state index contributed by atoms with van der Waals surface area (Å²) in [6, 6.07) is 6.31. The van der Waals surface area contributed by atoms with Gasteiger partial charge in [0.2, 0.25) is 11.8 Å². The number of nitrogen functional groups attached to an aromatic ring is 1. The topological polar surface area (TPSA) is 98.2 Å². The van der Waals surface area contributed by atoms with E-state index in [9.17, 15) is 14.5 Å². The number of rotatable bonds is 4. The summed E-state index contributed by atoms with van der Waals surface area (Å²) in [6.45, 7) is 0.226. The lowest BCUT2D eigenvalue weighted by Gasteiger charge is -2.17. The minimum Gasteiger partial charge on any atom is -0.378 e. The summed E-state index contributed by atoms with van der Waals surface area (Å²) in [7, 11) is 1.65. The minimum absolute atomic E-state index is 0.191. The lowest BCUT2D eigenvalue weighted by atomic mass is 10.2. The summed E-state index contributed by atoms with van der Waals surface area (Å²) < 4.78 is 13.5. The van der Waals surface area contributed by atoms with Gasteiger partial charge in [0.15, 0.2) is 0 Å². The van der Waals surface area contributed by atoms with Gasteiger partial charge in [0, 0.05) is 19.2 Å². The molecule has 20 heavy (non-hydrogen) atoms. The van der Waals surface area contributed by atoms with Gasteiger partial charge < -0.3 is 10.6 Å². The Morgan fingerprint density at radius 2 is 2.15 bits per heavy atom. The van der Waals surface area contributed by atoms with E-state index >= 15 is 0 Å². The van der Waals surface area contributed by atoms with Crippen LogP contribution in [-0.2, 0) is 6.54 Å². The number of anilines is 2. The Labute approximate surface area is 114 Å². The molecule has 0 unspecified atom stereocenters. The van der Waals surface area contributed by atoms with Crippen LogP contribution in [0.1, 0.15) is 5.56 Å². The molecule has 0 aliphatic heterocycles. The maximum atomic E-state index is 13.5. The van der Waals surface area contributed by atoms with Crippen molar-refractivity contribution in [2.75, 3.05) is 17.7 Å². The van der Waals surface area contributed by atoms with Crippen molar-refractivity contribution < 1.29 is 9.31 Å². The van der Waals surface area contributed by atoms with Crippen LogP contribution in [0.25, 0.3) is 0 Å². The van der Waals surface area contributed by atoms with E-state index in [1.807, 2.05) is 0 Å². The summed E-state index contributed by atoms with van der Waals surface area (Å²) in [5.74, 6) is -0.369. The second kappa shape index (κ2) is 5.47. The molecule has 0 fully saturated rings. The zero-order valence-corrected chi connectivity index (χ0v) is 10.7. The van der Waals surface area contributed by atoms with E-state index in [0.29, 0.717) is 5.56 Å². The SMILES string of the molecule is CN(Cc1ccccc1F)c1ncc([N+](=O)[O-])c(N)n1. The van der Waals surface area contributed by atoms with Crippen LogP contribution in [-0.4, -0.2) is 21.9 Å². The molecule has 0 aliphatic rings. The van der Waals surface area contributed by atoms with Crippen molar-refractivity contribution >= 4 is 17.5 Å². The third-order valence-corrected chi connectivity index (χ3v) is 2.69. The summed E-state index contributed by atoms with van der Waals surface area (Å²) in [5, 5.41) is 10.6. The molecule has 0 spiro atoms. The van der Waals surface area contributed by atoms with E-state index in [-0.39, 0.29) is 29.8 Å².